The summed E-state index contributed by atoms with van der Waals surface area (Å²) in [5.74, 6) is -0.711. The van der Waals surface area contributed by atoms with E-state index in [1.54, 1.807) is 30.3 Å². The van der Waals surface area contributed by atoms with Gasteiger partial charge in [-0.1, -0.05) is 24.3 Å². The molecular weight excluding hydrogens is 779 g/mol. The molecule has 0 aliphatic carbocycles. The van der Waals surface area contributed by atoms with Crippen molar-refractivity contribution in [3.05, 3.63) is 124 Å². The maximum Gasteiger partial charge on any atom is 0.418 e. The van der Waals surface area contributed by atoms with E-state index >= 15 is 4.39 Å². The third kappa shape index (κ3) is 9.00. The number of fused-ring (bicyclic) bond motifs is 2. The van der Waals surface area contributed by atoms with Gasteiger partial charge < -0.3 is 28.8 Å². The van der Waals surface area contributed by atoms with Crippen LogP contribution in [0, 0.1) is 5.82 Å². The number of benzene rings is 4. The fourth-order valence-electron chi connectivity index (χ4n) is 6.33. The number of nitrogens with zero attached hydrogens (tertiary/aromatic N) is 3. The number of alkyl halides is 3. The molecule has 6 aromatic rings. The zero-order chi connectivity index (χ0) is 37.8. The summed E-state index contributed by atoms with van der Waals surface area (Å²) >= 11 is 0. The van der Waals surface area contributed by atoms with Gasteiger partial charge in [0.2, 0.25) is 5.43 Å². The van der Waals surface area contributed by atoms with Gasteiger partial charge in [0.05, 0.1) is 49.2 Å². The summed E-state index contributed by atoms with van der Waals surface area (Å²) in [6, 6.07) is 19.6. The number of ether oxygens (including phenoxy) is 4. The Bertz CT molecular complexity index is 2410. The van der Waals surface area contributed by atoms with Crippen molar-refractivity contribution in [1.82, 2.24) is 14.5 Å². The van der Waals surface area contributed by atoms with E-state index in [-0.39, 0.29) is 58.6 Å². The number of rotatable bonds is 11. The monoisotopic (exact) mass is 814 g/mol. The number of carbonyl (C=O) groups is 1. The molecule has 2 aromatic heterocycles. The van der Waals surface area contributed by atoms with Gasteiger partial charge in [-0.2, -0.15) is 13.2 Å². The van der Waals surface area contributed by atoms with Crippen molar-refractivity contribution in [3.8, 4) is 28.7 Å². The van der Waals surface area contributed by atoms with Crippen molar-refractivity contribution in [2.75, 3.05) is 51.9 Å². The summed E-state index contributed by atoms with van der Waals surface area (Å²) in [5, 5.41) is 3.05. The minimum Gasteiger partial charge on any atom is -0.493 e. The number of halogens is 6. The molecule has 56 heavy (non-hydrogen) atoms. The van der Waals surface area contributed by atoms with Crippen LogP contribution in [0.3, 0.4) is 0 Å². The average molecular weight is 816 g/mol. The maximum absolute atomic E-state index is 15.5. The number of amides is 1. The van der Waals surface area contributed by atoms with Gasteiger partial charge in [-0.05, 0) is 55.0 Å². The number of morpholine rings is 1. The number of nitrogens with one attached hydrogen (secondary N) is 1. The van der Waals surface area contributed by atoms with Crippen LogP contribution in [0.15, 0.2) is 102 Å². The lowest BCUT2D eigenvalue weighted by molar-refractivity contribution is -0.137. The molecule has 7 rings (SSSR count). The first kappa shape index (κ1) is 41.7. The second-order valence-electron chi connectivity index (χ2n) is 12.5. The van der Waals surface area contributed by atoms with Crippen molar-refractivity contribution >= 4 is 58.2 Å². The molecule has 10 nitrogen and oxygen atoms in total. The molecule has 0 radical (unpaired) electrons. The molecule has 294 valence electrons. The molecule has 1 N–H and O–H groups in total. The molecule has 3 heterocycles. The quantitative estimate of drug-likeness (QED) is 0.102. The van der Waals surface area contributed by atoms with Crippen LogP contribution in [0.1, 0.15) is 22.3 Å². The highest BCUT2D eigenvalue weighted by molar-refractivity contribution is 6.06. The molecule has 0 bridgehead atoms. The largest absolute Gasteiger partial charge is 0.493 e. The zero-order valence-corrected chi connectivity index (χ0v) is 31.4. The van der Waals surface area contributed by atoms with E-state index in [9.17, 15) is 22.8 Å². The van der Waals surface area contributed by atoms with Crippen LogP contribution in [-0.2, 0) is 10.9 Å². The third-order valence-corrected chi connectivity index (χ3v) is 9.00. The highest BCUT2D eigenvalue weighted by Crippen LogP contribution is 2.38. The fourth-order valence-corrected chi connectivity index (χ4v) is 6.33. The minimum absolute atomic E-state index is 0. The van der Waals surface area contributed by atoms with Crippen molar-refractivity contribution in [3.63, 3.8) is 0 Å². The average Bonchev–Trinajstić information content (AvgIpc) is 3.17. The number of pyridine rings is 2. The Morgan fingerprint density at radius 1 is 0.893 bits per heavy atom. The van der Waals surface area contributed by atoms with Crippen LogP contribution in [-0.4, -0.2) is 66.9 Å². The molecule has 0 unspecified atom stereocenters. The van der Waals surface area contributed by atoms with Gasteiger partial charge >= 0.3 is 6.18 Å². The number of carbonyl (C=O) groups excluding carboxylic acids is 1. The van der Waals surface area contributed by atoms with E-state index in [0.29, 0.717) is 29.0 Å². The molecule has 1 amide bonds. The molecule has 16 heteroatoms. The number of methoxy groups -OCH3 is 1. The summed E-state index contributed by atoms with van der Waals surface area (Å²) in [5.41, 5.74) is -1.68. The number of anilines is 1. The first-order chi connectivity index (χ1) is 26.1. The van der Waals surface area contributed by atoms with Crippen molar-refractivity contribution in [2.24, 2.45) is 0 Å². The predicted octanol–water partition coefficient (Wildman–Crippen LogP) is 8.69. The van der Waals surface area contributed by atoms with Crippen LogP contribution < -0.4 is 25.0 Å². The van der Waals surface area contributed by atoms with Gasteiger partial charge in [0.25, 0.3) is 5.91 Å². The molecule has 0 saturated carbocycles. The van der Waals surface area contributed by atoms with Crippen molar-refractivity contribution < 1.29 is 41.3 Å². The van der Waals surface area contributed by atoms with E-state index in [1.165, 1.54) is 55.8 Å². The predicted molar refractivity (Wildman–Crippen MR) is 209 cm³/mol. The van der Waals surface area contributed by atoms with E-state index in [2.05, 4.69) is 15.2 Å². The Labute approximate surface area is 330 Å². The highest BCUT2D eigenvalue weighted by Gasteiger charge is 2.34. The third-order valence-electron chi connectivity index (χ3n) is 9.00. The second-order valence-corrected chi connectivity index (χ2v) is 12.5. The second kappa shape index (κ2) is 18.0. The maximum atomic E-state index is 15.5. The summed E-state index contributed by atoms with van der Waals surface area (Å²) in [7, 11) is 1.51. The summed E-state index contributed by atoms with van der Waals surface area (Å²) in [6.45, 7) is 4.59. The van der Waals surface area contributed by atoms with Crippen LogP contribution >= 0.6 is 24.8 Å². The molecule has 1 fully saturated rings. The van der Waals surface area contributed by atoms with Gasteiger partial charge in [0.15, 0.2) is 23.1 Å². The molecule has 0 atom stereocenters. The summed E-state index contributed by atoms with van der Waals surface area (Å²) in [4.78, 5) is 33.7. The molecule has 0 spiro atoms. The van der Waals surface area contributed by atoms with Crippen molar-refractivity contribution in [2.45, 2.75) is 12.6 Å². The number of hydrogen-bond acceptors (Lipinski definition) is 8. The molecule has 4 aromatic carbocycles. The van der Waals surface area contributed by atoms with Crippen LogP contribution in [0.4, 0.5) is 23.2 Å². The van der Waals surface area contributed by atoms with Crippen LogP contribution in [0.25, 0.3) is 27.5 Å². The summed E-state index contributed by atoms with van der Waals surface area (Å²) < 4.78 is 81.6. The molecule has 1 saturated heterocycles. The SMILES string of the molecule is COc1cc2c(Oc3ccc(NC(=O)c4cn(-c5ccccc5C(F)(F)F)c5ccccc5c4=O)cc3F)ccnc2cc1OCCCN1CCOCC1.Cl.Cl. The Balaban J connectivity index is 0.00000300. The highest BCUT2D eigenvalue weighted by atomic mass is 35.5. The number of hydrogen-bond donors (Lipinski definition) is 1. The van der Waals surface area contributed by atoms with E-state index in [0.717, 1.165) is 62.2 Å². The Morgan fingerprint density at radius 3 is 2.39 bits per heavy atom. The van der Waals surface area contributed by atoms with Crippen molar-refractivity contribution in [1.29, 1.82) is 0 Å². The Morgan fingerprint density at radius 2 is 1.64 bits per heavy atom. The molecule has 1 aliphatic rings. The smallest absolute Gasteiger partial charge is 0.418 e. The fraction of sp³-hybridized carbons (Fsp3) is 0.225. The standard InChI is InChI=1S/C40H34F4N4O6.2ClH/c1-51-36-22-27-31(23-37(36)53-18-6-15-47-16-19-52-20-17-47)45-14-13-34(27)54-35-12-11-25(21-30(35)41)46-39(50)28-24-48(32-9-4-2-7-26(32)38(28)49)33-10-5-3-8-29(33)40(42,43)44;;/h2-5,7-14,21-24H,6,15-20H2,1H3,(H,46,50);2*1H. The summed E-state index contributed by atoms with van der Waals surface area (Å²) in [6.07, 6.45) is -1.32. The van der Waals surface area contributed by atoms with Crippen LogP contribution in [0.2, 0.25) is 0 Å². The van der Waals surface area contributed by atoms with Gasteiger partial charge in [-0.15, -0.1) is 24.8 Å². The molecule has 1 aliphatic heterocycles. The lowest BCUT2D eigenvalue weighted by Gasteiger charge is -2.26. The van der Waals surface area contributed by atoms with E-state index in [1.807, 2.05) is 0 Å². The van der Waals surface area contributed by atoms with Gasteiger partial charge in [-0.25, -0.2) is 4.39 Å². The Hall–Kier alpha value is -5.41. The first-order valence-corrected chi connectivity index (χ1v) is 17.1. The van der Waals surface area contributed by atoms with E-state index in [4.69, 9.17) is 18.9 Å². The lowest BCUT2D eigenvalue weighted by atomic mass is 10.1. The van der Waals surface area contributed by atoms with Gasteiger partial charge in [0.1, 0.15) is 11.3 Å². The minimum atomic E-state index is -4.71. The number of aromatic nitrogens is 2. The zero-order valence-electron chi connectivity index (χ0n) is 29.8. The Kier molecular flexibility index (Phi) is 13.4. The topological polar surface area (TPSA) is 104 Å². The van der Waals surface area contributed by atoms with Gasteiger partial charge in [0, 0.05) is 60.6 Å². The van der Waals surface area contributed by atoms with E-state index < -0.39 is 34.5 Å². The number of para-hydroxylation sites is 2. The normalized spacial score (nSPS) is 13.1. The first-order valence-electron chi connectivity index (χ1n) is 17.1. The lowest BCUT2D eigenvalue weighted by Crippen LogP contribution is -2.37. The molecular formula is C40H36Cl2F4N4O6. The van der Waals surface area contributed by atoms with Gasteiger partial charge in [-0.3, -0.25) is 19.5 Å². The van der Waals surface area contributed by atoms with Crippen LogP contribution in [0.5, 0.6) is 23.0 Å².